The predicted molar refractivity (Wildman–Crippen MR) is 108 cm³/mol. The first kappa shape index (κ1) is 20.2. The third-order valence-electron chi connectivity index (χ3n) is 3.40. The maximum absolute atomic E-state index is 11.8. The molecule has 138 valence electrons. The Bertz CT molecular complexity index is 976. The van der Waals surface area contributed by atoms with Gasteiger partial charge in [0.15, 0.2) is 23.0 Å². The molecule has 0 radical (unpaired) electrons. The molecule has 0 aromatic carbocycles. The van der Waals surface area contributed by atoms with E-state index in [1.54, 1.807) is 44.8 Å². The molecule has 3 heterocycles. The maximum Gasteiger partial charge on any atom is 0.258 e. The van der Waals surface area contributed by atoms with E-state index in [2.05, 4.69) is 41.8 Å². The molecule has 0 bridgehead atoms. The van der Waals surface area contributed by atoms with Gasteiger partial charge in [0.1, 0.15) is 0 Å². The van der Waals surface area contributed by atoms with E-state index in [9.17, 15) is 4.79 Å². The molecule has 0 amide bonds. The zero-order valence-electron chi connectivity index (χ0n) is 14.5. The van der Waals surface area contributed by atoms with Crippen molar-refractivity contribution in [3.05, 3.63) is 55.6 Å². The van der Waals surface area contributed by atoms with E-state index >= 15 is 0 Å². The van der Waals surface area contributed by atoms with Gasteiger partial charge in [0.2, 0.25) is 0 Å². The van der Waals surface area contributed by atoms with Crippen molar-refractivity contribution in [1.82, 2.24) is 14.4 Å². The van der Waals surface area contributed by atoms with Gasteiger partial charge >= 0.3 is 0 Å². The van der Waals surface area contributed by atoms with Gasteiger partial charge in [-0.05, 0) is 50.4 Å². The molecule has 3 rings (SSSR count). The number of aromatic nitrogens is 3. The summed E-state index contributed by atoms with van der Waals surface area (Å²) in [5.41, 5.74) is 6.67. The number of aryl methyl sites for hydroxylation is 1. The second-order valence-electron chi connectivity index (χ2n) is 5.10. The van der Waals surface area contributed by atoms with Crippen LogP contribution < -0.4 is 20.8 Å². The summed E-state index contributed by atoms with van der Waals surface area (Å²) in [5, 5.41) is 0. The van der Waals surface area contributed by atoms with E-state index in [0.29, 0.717) is 23.0 Å². The van der Waals surface area contributed by atoms with Crippen molar-refractivity contribution < 1.29 is 9.47 Å². The minimum atomic E-state index is -0.0959. The van der Waals surface area contributed by atoms with Crippen molar-refractivity contribution in [2.24, 2.45) is 0 Å². The first-order valence-electron chi connectivity index (χ1n) is 7.60. The summed E-state index contributed by atoms with van der Waals surface area (Å²) >= 11 is 6.57. The first-order valence-corrected chi connectivity index (χ1v) is 9.19. The molecule has 0 saturated carbocycles. The Balaban J connectivity index is 0.000000209. The third kappa shape index (κ3) is 4.73. The van der Waals surface area contributed by atoms with Crippen molar-refractivity contribution in [2.75, 3.05) is 20.0 Å². The van der Waals surface area contributed by atoms with Crippen LogP contribution in [0.15, 0.2) is 44.3 Å². The zero-order chi connectivity index (χ0) is 19.3. The number of nitrogen functional groups attached to an aromatic ring is 1. The summed E-state index contributed by atoms with van der Waals surface area (Å²) < 4.78 is 13.2. The third-order valence-corrected chi connectivity index (χ3v) is 4.26. The Morgan fingerprint density at radius 2 is 1.77 bits per heavy atom. The number of hydrogen-bond donors (Lipinski definition) is 1. The number of nitrogens with two attached hydrogens (primary N) is 1. The van der Waals surface area contributed by atoms with Crippen LogP contribution in [0.25, 0.3) is 5.65 Å². The molecule has 0 saturated heterocycles. The average Bonchev–Trinajstić information content (AvgIpc) is 2.64. The number of ether oxygens (including phenoxy) is 2. The van der Waals surface area contributed by atoms with Crippen LogP contribution in [0.5, 0.6) is 11.5 Å². The molecule has 0 unspecified atom stereocenters. The molecule has 3 aromatic heterocycles. The molecular weight excluding hydrogens is 468 g/mol. The summed E-state index contributed by atoms with van der Waals surface area (Å²) in [7, 11) is 3.12. The molecule has 7 nitrogen and oxygen atoms in total. The number of halogens is 2. The number of fused-ring (bicyclic) bond motifs is 1. The monoisotopic (exact) mass is 484 g/mol. The van der Waals surface area contributed by atoms with Crippen LogP contribution in [0.4, 0.5) is 5.82 Å². The smallest absolute Gasteiger partial charge is 0.258 e. The number of hydrogen-bond acceptors (Lipinski definition) is 6. The minimum Gasteiger partial charge on any atom is -0.493 e. The highest BCUT2D eigenvalue weighted by Gasteiger charge is 2.08. The van der Waals surface area contributed by atoms with Crippen molar-refractivity contribution >= 4 is 43.3 Å². The van der Waals surface area contributed by atoms with Gasteiger partial charge in [-0.3, -0.25) is 9.20 Å². The zero-order valence-corrected chi connectivity index (χ0v) is 17.7. The van der Waals surface area contributed by atoms with Crippen molar-refractivity contribution in [1.29, 1.82) is 0 Å². The molecule has 0 aliphatic carbocycles. The number of rotatable bonds is 3. The summed E-state index contributed by atoms with van der Waals surface area (Å²) in [4.78, 5) is 20.1. The lowest BCUT2D eigenvalue weighted by atomic mass is 10.3. The van der Waals surface area contributed by atoms with Gasteiger partial charge in [0, 0.05) is 33.1 Å². The van der Waals surface area contributed by atoms with Crippen molar-refractivity contribution in [3.8, 4) is 11.5 Å². The van der Waals surface area contributed by atoms with E-state index in [0.717, 1.165) is 21.1 Å². The van der Waals surface area contributed by atoms with E-state index in [4.69, 9.17) is 15.2 Å². The van der Waals surface area contributed by atoms with Crippen molar-refractivity contribution in [3.63, 3.8) is 0 Å². The van der Waals surface area contributed by atoms with E-state index in [1.807, 2.05) is 6.92 Å². The largest absolute Gasteiger partial charge is 0.493 e. The highest BCUT2D eigenvalue weighted by atomic mass is 79.9. The first-order chi connectivity index (χ1) is 12.4. The Morgan fingerprint density at radius 1 is 1.12 bits per heavy atom. The topological polar surface area (TPSA) is 91.7 Å². The fraction of sp³-hybridized carbons (Fsp3) is 0.235. The summed E-state index contributed by atoms with van der Waals surface area (Å²) in [6.07, 6.45) is 4.04. The molecule has 0 aliphatic heterocycles. The van der Waals surface area contributed by atoms with Crippen LogP contribution >= 0.6 is 31.9 Å². The summed E-state index contributed by atoms with van der Waals surface area (Å²) in [6.45, 7) is 1.96. The molecule has 0 atom stereocenters. The summed E-state index contributed by atoms with van der Waals surface area (Å²) in [5.74, 6) is 1.59. The number of nitrogens with zero attached hydrogens (tertiary/aromatic N) is 3. The van der Waals surface area contributed by atoms with Gasteiger partial charge in [0.25, 0.3) is 5.56 Å². The van der Waals surface area contributed by atoms with Gasteiger partial charge in [0.05, 0.1) is 14.2 Å². The molecule has 3 aromatic rings. The fourth-order valence-corrected chi connectivity index (χ4v) is 2.84. The lowest BCUT2D eigenvalue weighted by Crippen LogP contribution is -2.16. The molecule has 0 aliphatic rings. The van der Waals surface area contributed by atoms with Gasteiger partial charge < -0.3 is 15.2 Å². The van der Waals surface area contributed by atoms with Crippen LogP contribution in [0, 0.1) is 0 Å². The quantitative estimate of drug-likeness (QED) is 0.610. The average molecular weight is 486 g/mol. The number of pyridine rings is 2. The highest BCUT2D eigenvalue weighted by Crippen LogP contribution is 2.22. The molecule has 26 heavy (non-hydrogen) atoms. The number of methoxy groups -OCH3 is 2. The normalized spacial score (nSPS) is 10.2. The second kappa shape index (κ2) is 9.00. The van der Waals surface area contributed by atoms with E-state index < -0.39 is 0 Å². The van der Waals surface area contributed by atoms with Crippen LogP contribution in [0.1, 0.15) is 12.6 Å². The maximum atomic E-state index is 11.8. The Kier molecular flexibility index (Phi) is 6.98. The molecule has 0 spiro atoms. The Hall–Kier alpha value is -2.13. The summed E-state index contributed by atoms with van der Waals surface area (Å²) in [6, 6.07) is 5.10. The van der Waals surface area contributed by atoms with Gasteiger partial charge in [-0.15, -0.1) is 0 Å². The number of anilines is 1. The Labute approximate surface area is 167 Å². The van der Waals surface area contributed by atoms with E-state index in [-0.39, 0.29) is 5.56 Å². The molecule has 2 N–H and O–H groups in total. The fourth-order valence-electron chi connectivity index (χ4n) is 2.11. The van der Waals surface area contributed by atoms with Gasteiger partial charge in [-0.2, -0.15) is 0 Å². The van der Waals surface area contributed by atoms with Crippen molar-refractivity contribution in [2.45, 2.75) is 13.3 Å². The minimum absolute atomic E-state index is 0.0959. The van der Waals surface area contributed by atoms with Gasteiger partial charge in [-0.25, -0.2) is 9.97 Å². The van der Waals surface area contributed by atoms with Gasteiger partial charge in [-0.1, -0.05) is 6.92 Å². The highest BCUT2D eigenvalue weighted by molar-refractivity contribution is 9.10. The predicted octanol–water partition coefficient (Wildman–Crippen LogP) is 3.46. The van der Waals surface area contributed by atoms with Crippen LogP contribution in [0.3, 0.4) is 0 Å². The molecule has 9 heteroatoms. The second-order valence-corrected chi connectivity index (χ2v) is 6.93. The standard InChI is InChI=1S/C11H11BrN2O2.C6H7BrN2O/c1-3-8-5-10(15)14-6-7(12)4-9(16-2)11(14)13-8;1-10-5-2-4(7)3-9-6(5)8/h4-6H,3H2,1-2H3;2-3H,1H3,(H2,8,9). The lowest BCUT2D eigenvalue weighted by Gasteiger charge is -2.07. The SMILES string of the molecule is CCc1cc(=O)n2cc(Br)cc(OC)c2n1.COc1cc(Br)cnc1N. The van der Waals surface area contributed by atoms with E-state index in [1.165, 1.54) is 4.40 Å². The Morgan fingerprint density at radius 3 is 2.35 bits per heavy atom. The van der Waals surface area contributed by atoms with Crippen LogP contribution in [-0.4, -0.2) is 28.6 Å². The molecular formula is C17H18Br2N4O3. The van der Waals surface area contributed by atoms with Crippen LogP contribution in [-0.2, 0) is 6.42 Å². The van der Waals surface area contributed by atoms with Crippen LogP contribution in [0.2, 0.25) is 0 Å². The lowest BCUT2D eigenvalue weighted by molar-refractivity contribution is 0.415. The molecule has 0 fully saturated rings.